The Morgan fingerprint density at radius 3 is 2.33 bits per heavy atom. The van der Waals surface area contributed by atoms with Gasteiger partial charge in [0.1, 0.15) is 21.6 Å². The SMILES string of the molecule is COc1cc(C(=O)c2ccccc2)c(O)cc1S(=O)(=O)[O-]. The first-order valence-electron chi connectivity index (χ1n) is 5.81. The Morgan fingerprint density at radius 1 is 1.19 bits per heavy atom. The molecule has 0 aliphatic rings. The third kappa shape index (κ3) is 3.04. The molecule has 0 radical (unpaired) electrons. The summed E-state index contributed by atoms with van der Waals surface area (Å²) in [6.07, 6.45) is 0. The average molecular weight is 307 g/mol. The minimum absolute atomic E-state index is 0.148. The normalized spacial score (nSPS) is 11.1. The lowest BCUT2D eigenvalue weighted by molar-refractivity contribution is 0.103. The molecular formula is C14H11O6S-. The molecule has 110 valence electrons. The van der Waals surface area contributed by atoms with Crippen molar-refractivity contribution in [2.75, 3.05) is 7.11 Å². The maximum atomic E-state index is 12.3. The van der Waals surface area contributed by atoms with E-state index in [-0.39, 0.29) is 11.3 Å². The van der Waals surface area contributed by atoms with Crippen LogP contribution in [0.2, 0.25) is 0 Å². The monoisotopic (exact) mass is 307 g/mol. The second-order valence-corrected chi connectivity index (χ2v) is 5.52. The van der Waals surface area contributed by atoms with Crippen LogP contribution in [0.25, 0.3) is 0 Å². The molecule has 1 N–H and O–H groups in total. The highest BCUT2D eigenvalue weighted by molar-refractivity contribution is 7.85. The van der Waals surface area contributed by atoms with Crippen LogP contribution in [-0.2, 0) is 10.1 Å². The molecule has 0 aliphatic carbocycles. The summed E-state index contributed by atoms with van der Waals surface area (Å²) in [5.74, 6) is -1.40. The molecule has 0 amide bonds. The van der Waals surface area contributed by atoms with Crippen LogP contribution in [0, 0.1) is 0 Å². The maximum absolute atomic E-state index is 12.3. The van der Waals surface area contributed by atoms with E-state index in [1.54, 1.807) is 30.3 Å². The molecule has 0 bridgehead atoms. The van der Waals surface area contributed by atoms with E-state index in [0.717, 1.165) is 19.2 Å². The minimum Gasteiger partial charge on any atom is -0.744 e. The summed E-state index contributed by atoms with van der Waals surface area (Å²) < 4.78 is 38.1. The molecule has 2 rings (SSSR count). The van der Waals surface area contributed by atoms with Gasteiger partial charge in [-0.15, -0.1) is 0 Å². The average Bonchev–Trinajstić information content (AvgIpc) is 2.46. The molecule has 0 atom stereocenters. The summed E-state index contributed by atoms with van der Waals surface area (Å²) in [6.45, 7) is 0. The maximum Gasteiger partial charge on any atom is 0.196 e. The highest BCUT2D eigenvalue weighted by Gasteiger charge is 2.19. The number of methoxy groups -OCH3 is 1. The molecule has 7 heteroatoms. The Bertz CT molecular complexity index is 781. The van der Waals surface area contributed by atoms with Crippen LogP contribution in [0.4, 0.5) is 0 Å². The smallest absolute Gasteiger partial charge is 0.196 e. The van der Waals surface area contributed by atoms with Gasteiger partial charge in [-0.25, -0.2) is 8.42 Å². The Morgan fingerprint density at radius 2 is 1.81 bits per heavy atom. The van der Waals surface area contributed by atoms with Crippen molar-refractivity contribution in [2.45, 2.75) is 4.90 Å². The molecule has 0 heterocycles. The summed E-state index contributed by atoms with van der Waals surface area (Å²) in [5.41, 5.74) is 0.165. The van der Waals surface area contributed by atoms with E-state index in [0.29, 0.717) is 5.56 Å². The molecule has 2 aromatic rings. The number of phenols is 1. The van der Waals surface area contributed by atoms with Gasteiger partial charge in [-0.2, -0.15) is 0 Å². The zero-order chi connectivity index (χ0) is 15.6. The molecule has 0 aromatic heterocycles. The van der Waals surface area contributed by atoms with Gasteiger partial charge in [-0.05, 0) is 6.07 Å². The Hall–Kier alpha value is -2.38. The van der Waals surface area contributed by atoms with Crippen molar-refractivity contribution in [1.29, 1.82) is 0 Å². The van der Waals surface area contributed by atoms with Crippen LogP contribution in [0.3, 0.4) is 0 Å². The molecule has 0 spiro atoms. The van der Waals surface area contributed by atoms with Crippen molar-refractivity contribution in [3.8, 4) is 11.5 Å². The lowest BCUT2D eigenvalue weighted by Gasteiger charge is -2.14. The fourth-order valence-electron chi connectivity index (χ4n) is 1.83. The summed E-state index contributed by atoms with van der Waals surface area (Å²) in [7, 11) is -3.66. The van der Waals surface area contributed by atoms with Crippen LogP contribution in [0.1, 0.15) is 15.9 Å². The number of carbonyl (C=O) groups is 1. The molecule has 2 aromatic carbocycles. The number of ether oxygens (including phenoxy) is 1. The number of phenolic OH excluding ortho intramolecular Hbond substituents is 1. The number of benzene rings is 2. The van der Waals surface area contributed by atoms with Crippen LogP contribution in [-0.4, -0.2) is 31.0 Å². The number of hydrogen-bond donors (Lipinski definition) is 1. The second-order valence-electron chi connectivity index (χ2n) is 4.17. The van der Waals surface area contributed by atoms with E-state index < -0.39 is 26.5 Å². The summed E-state index contributed by atoms with van der Waals surface area (Å²) in [5, 5.41) is 9.83. The third-order valence-corrected chi connectivity index (χ3v) is 3.69. The molecule has 21 heavy (non-hydrogen) atoms. The van der Waals surface area contributed by atoms with Gasteiger partial charge < -0.3 is 14.4 Å². The van der Waals surface area contributed by atoms with Crippen molar-refractivity contribution in [3.63, 3.8) is 0 Å². The highest BCUT2D eigenvalue weighted by atomic mass is 32.2. The summed E-state index contributed by atoms with van der Waals surface area (Å²) in [4.78, 5) is 11.5. The number of hydrogen-bond acceptors (Lipinski definition) is 6. The molecule has 0 unspecified atom stereocenters. The zero-order valence-electron chi connectivity index (χ0n) is 10.9. The first kappa shape index (κ1) is 15.0. The van der Waals surface area contributed by atoms with E-state index in [2.05, 4.69) is 0 Å². The van der Waals surface area contributed by atoms with Gasteiger partial charge in [0.25, 0.3) is 0 Å². The number of rotatable bonds is 4. The van der Waals surface area contributed by atoms with Crippen LogP contribution >= 0.6 is 0 Å². The molecular weight excluding hydrogens is 296 g/mol. The largest absolute Gasteiger partial charge is 0.744 e. The van der Waals surface area contributed by atoms with Gasteiger partial charge in [-0.3, -0.25) is 4.79 Å². The molecule has 0 fully saturated rings. The predicted octanol–water partition coefficient (Wildman–Crippen LogP) is 1.54. The van der Waals surface area contributed by atoms with E-state index >= 15 is 0 Å². The van der Waals surface area contributed by atoms with Gasteiger partial charge in [0.2, 0.25) is 0 Å². The number of aromatic hydroxyl groups is 1. The van der Waals surface area contributed by atoms with Crippen molar-refractivity contribution in [1.82, 2.24) is 0 Å². The van der Waals surface area contributed by atoms with Gasteiger partial charge in [0.05, 0.1) is 17.6 Å². The van der Waals surface area contributed by atoms with Gasteiger partial charge >= 0.3 is 0 Å². The van der Waals surface area contributed by atoms with Crippen LogP contribution in [0.5, 0.6) is 11.5 Å². The zero-order valence-corrected chi connectivity index (χ0v) is 11.8. The molecule has 0 saturated heterocycles. The van der Waals surface area contributed by atoms with Crippen molar-refractivity contribution < 1.29 is 27.6 Å². The van der Waals surface area contributed by atoms with Gasteiger partial charge in [0.15, 0.2) is 5.78 Å². The second kappa shape index (κ2) is 5.55. The van der Waals surface area contributed by atoms with Crippen LogP contribution in [0.15, 0.2) is 47.4 Å². The van der Waals surface area contributed by atoms with E-state index in [1.807, 2.05) is 0 Å². The fraction of sp³-hybridized carbons (Fsp3) is 0.0714. The van der Waals surface area contributed by atoms with Crippen LogP contribution < -0.4 is 4.74 Å². The quantitative estimate of drug-likeness (QED) is 0.678. The summed E-state index contributed by atoms with van der Waals surface area (Å²) >= 11 is 0. The lowest BCUT2D eigenvalue weighted by Crippen LogP contribution is -2.06. The van der Waals surface area contributed by atoms with Gasteiger partial charge in [0, 0.05) is 11.6 Å². The molecule has 6 nitrogen and oxygen atoms in total. The predicted molar refractivity (Wildman–Crippen MR) is 72.5 cm³/mol. The first-order chi connectivity index (χ1) is 9.84. The molecule has 0 aliphatic heterocycles. The topological polar surface area (TPSA) is 104 Å². The Balaban J connectivity index is 2.59. The van der Waals surface area contributed by atoms with Crippen molar-refractivity contribution >= 4 is 15.9 Å². The van der Waals surface area contributed by atoms with E-state index in [9.17, 15) is 22.9 Å². The highest BCUT2D eigenvalue weighted by Crippen LogP contribution is 2.32. The standard InChI is InChI=1S/C14H12O6S/c1-20-12-7-10(11(15)8-13(12)21(17,18)19)14(16)9-5-3-2-4-6-9/h2-8,15H,1H3,(H,17,18,19)/p-1. The Kier molecular flexibility index (Phi) is 3.97. The van der Waals surface area contributed by atoms with Crippen molar-refractivity contribution in [3.05, 3.63) is 53.6 Å². The Labute approximate surface area is 121 Å². The number of carbonyl (C=O) groups excluding carboxylic acids is 1. The fourth-order valence-corrected chi connectivity index (χ4v) is 2.48. The van der Waals surface area contributed by atoms with E-state index in [1.165, 1.54) is 0 Å². The van der Waals surface area contributed by atoms with E-state index in [4.69, 9.17) is 4.74 Å². The summed E-state index contributed by atoms with van der Waals surface area (Å²) in [6, 6.07) is 9.88. The van der Waals surface area contributed by atoms with Crippen molar-refractivity contribution in [2.24, 2.45) is 0 Å². The molecule has 0 saturated carbocycles. The lowest BCUT2D eigenvalue weighted by atomic mass is 10.0. The van der Waals surface area contributed by atoms with Gasteiger partial charge in [-0.1, -0.05) is 30.3 Å². The third-order valence-electron chi connectivity index (χ3n) is 2.83. The first-order valence-corrected chi connectivity index (χ1v) is 7.22. The number of ketones is 1. The minimum atomic E-state index is -4.82.